The van der Waals surface area contributed by atoms with Crippen LogP contribution in [0, 0.1) is 5.92 Å². The fourth-order valence-electron chi connectivity index (χ4n) is 1.96. The van der Waals surface area contributed by atoms with Crippen LogP contribution in [0.1, 0.15) is 23.2 Å². The van der Waals surface area contributed by atoms with Crippen molar-refractivity contribution in [1.29, 1.82) is 0 Å². The fourth-order valence-corrected chi connectivity index (χ4v) is 1.96. The Labute approximate surface area is 98.3 Å². The molecule has 6 nitrogen and oxygen atoms in total. The molecule has 1 aliphatic rings. The smallest absolute Gasteiger partial charge is 0.308 e. The second kappa shape index (κ2) is 4.90. The molecule has 1 atom stereocenters. The van der Waals surface area contributed by atoms with E-state index in [4.69, 9.17) is 5.11 Å². The summed E-state index contributed by atoms with van der Waals surface area (Å²) in [6.45, 7) is 0.862. The molecule has 0 saturated carbocycles. The summed E-state index contributed by atoms with van der Waals surface area (Å²) in [5.41, 5.74) is 0.401. The molecule has 0 spiro atoms. The second-order valence-corrected chi connectivity index (χ2v) is 4.06. The molecule has 0 aliphatic carbocycles. The van der Waals surface area contributed by atoms with E-state index in [0.29, 0.717) is 18.5 Å². The SMILES string of the molecule is O=C(O)[C@@H]1CCCN(C(=O)c2cncnc2)C1. The van der Waals surface area contributed by atoms with Crippen molar-refractivity contribution >= 4 is 11.9 Å². The zero-order chi connectivity index (χ0) is 12.3. The number of hydrogen-bond donors (Lipinski definition) is 1. The van der Waals surface area contributed by atoms with Gasteiger partial charge in [0.05, 0.1) is 11.5 Å². The zero-order valence-corrected chi connectivity index (χ0v) is 9.24. The zero-order valence-electron chi connectivity index (χ0n) is 9.24. The van der Waals surface area contributed by atoms with Gasteiger partial charge in [0.2, 0.25) is 0 Å². The van der Waals surface area contributed by atoms with Gasteiger partial charge in [-0.05, 0) is 12.8 Å². The van der Waals surface area contributed by atoms with Gasteiger partial charge in [-0.25, -0.2) is 9.97 Å². The lowest BCUT2D eigenvalue weighted by Crippen LogP contribution is -2.42. The molecule has 0 unspecified atom stereocenters. The van der Waals surface area contributed by atoms with Crippen molar-refractivity contribution in [3.63, 3.8) is 0 Å². The number of carbonyl (C=O) groups is 2. The largest absolute Gasteiger partial charge is 0.481 e. The van der Waals surface area contributed by atoms with E-state index in [2.05, 4.69) is 9.97 Å². The molecule has 1 fully saturated rings. The summed E-state index contributed by atoms with van der Waals surface area (Å²) in [7, 11) is 0. The molecule has 1 aromatic rings. The summed E-state index contributed by atoms with van der Waals surface area (Å²) in [5.74, 6) is -1.50. The lowest BCUT2D eigenvalue weighted by atomic mass is 9.98. The van der Waals surface area contributed by atoms with Crippen LogP contribution in [0.3, 0.4) is 0 Å². The Morgan fingerprint density at radius 2 is 2.06 bits per heavy atom. The molecule has 2 rings (SSSR count). The minimum atomic E-state index is -0.841. The molecule has 0 radical (unpaired) electrons. The van der Waals surface area contributed by atoms with Crippen LogP contribution in [0.4, 0.5) is 0 Å². The van der Waals surface area contributed by atoms with Crippen molar-refractivity contribution in [2.45, 2.75) is 12.8 Å². The molecule has 1 N–H and O–H groups in total. The molecule has 17 heavy (non-hydrogen) atoms. The van der Waals surface area contributed by atoms with Gasteiger partial charge in [-0.2, -0.15) is 0 Å². The Kier molecular flexibility index (Phi) is 3.32. The number of piperidine rings is 1. The van der Waals surface area contributed by atoms with Gasteiger partial charge in [-0.15, -0.1) is 0 Å². The summed E-state index contributed by atoms with van der Waals surface area (Å²) in [6.07, 6.45) is 5.59. The van der Waals surface area contributed by atoms with Gasteiger partial charge in [-0.3, -0.25) is 9.59 Å². The molecular weight excluding hydrogens is 222 g/mol. The Bertz CT molecular complexity index is 421. The number of hydrogen-bond acceptors (Lipinski definition) is 4. The van der Waals surface area contributed by atoms with Crippen LogP contribution in [-0.4, -0.2) is 44.9 Å². The van der Waals surface area contributed by atoms with Crippen LogP contribution in [0.25, 0.3) is 0 Å². The number of aliphatic carboxylic acids is 1. The Morgan fingerprint density at radius 3 is 2.71 bits per heavy atom. The molecule has 1 amide bonds. The number of carbonyl (C=O) groups excluding carboxylic acids is 1. The maximum atomic E-state index is 12.0. The minimum Gasteiger partial charge on any atom is -0.481 e. The summed E-state index contributed by atoms with van der Waals surface area (Å²) in [4.78, 5) is 32.0. The number of carboxylic acid groups (broad SMARTS) is 1. The summed E-state index contributed by atoms with van der Waals surface area (Å²) in [5, 5.41) is 8.95. The lowest BCUT2D eigenvalue weighted by molar-refractivity contribution is -0.143. The van der Waals surface area contributed by atoms with Crippen LogP contribution in [0.5, 0.6) is 0 Å². The van der Waals surface area contributed by atoms with E-state index in [1.807, 2.05) is 0 Å². The van der Waals surface area contributed by atoms with Crippen LogP contribution < -0.4 is 0 Å². The Hall–Kier alpha value is -1.98. The molecule has 0 aromatic carbocycles. The first-order chi connectivity index (χ1) is 8.18. The van der Waals surface area contributed by atoms with E-state index >= 15 is 0 Å². The first-order valence-electron chi connectivity index (χ1n) is 5.45. The number of likely N-dealkylation sites (tertiary alicyclic amines) is 1. The molecule has 90 valence electrons. The summed E-state index contributed by atoms with van der Waals surface area (Å²) in [6, 6.07) is 0. The third-order valence-electron chi connectivity index (χ3n) is 2.87. The van der Waals surface area contributed by atoms with Gasteiger partial charge in [0.15, 0.2) is 0 Å². The molecule has 1 aliphatic heterocycles. The van der Waals surface area contributed by atoms with Crippen molar-refractivity contribution in [3.8, 4) is 0 Å². The minimum absolute atomic E-state index is 0.198. The van der Waals surface area contributed by atoms with Crippen LogP contribution in [-0.2, 0) is 4.79 Å². The van der Waals surface area contributed by atoms with Crippen LogP contribution in [0.15, 0.2) is 18.7 Å². The highest BCUT2D eigenvalue weighted by atomic mass is 16.4. The van der Waals surface area contributed by atoms with E-state index in [-0.39, 0.29) is 12.5 Å². The normalized spacial score (nSPS) is 20.0. The van der Waals surface area contributed by atoms with Gasteiger partial charge >= 0.3 is 5.97 Å². The molecule has 1 saturated heterocycles. The third-order valence-corrected chi connectivity index (χ3v) is 2.87. The predicted octanol–water partition coefficient (Wildman–Crippen LogP) is 0.413. The third kappa shape index (κ3) is 2.58. The number of carboxylic acids is 1. The highest BCUT2D eigenvalue weighted by molar-refractivity contribution is 5.93. The van der Waals surface area contributed by atoms with Gasteiger partial charge in [0.25, 0.3) is 5.91 Å². The number of amides is 1. The van der Waals surface area contributed by atoms with Crippen molar-refractivity contribution in [2.24, 2.45) is 5.92 Å². The summed E-state index contributed by atoms with van der Waals surface area (Å²) < 4.78 is 0. The van der Waals surface area contributed by atoms with Gasteiger partial charge in [0.1, 0.15) is 6.33 Å². The quantitative estimate of drug-likeness (QED) is 0.802. The average Bonchev–Trinajstić information content (AvgIpc) is 2.39. The van der Waals surface area contributed by atoms with Crippen LogP contribution >= 0.6 is 0 Å². The fraction of sp³-hybridized carbons (Fsp3) is 0.455. The number of rotatable bonds is 2. The maximum Gasteiger partial charge on any atom is 0.308 e. The number of aromatic nitrogens is 2. The highest BCUT2D eigenvalue weighted by Gasteiger charge is 2.28. The first kappa shape index (κ1) is 11.5. The first-order valence-corrected chi connectivity index (χ1v) is 5.45. The lowest BCUT2D eigenvalue weighted by Gasteiger charge is -2.30. The van der Waals surface area contributed by atoms with E-state index < -0.39 is 11.9 Å². The molecular formula is C11H13N3O3. The topological polar surface area (TPSA) is 83.4 Å². The standard InChI is InChI=1S/C11H13N3O3/c15-10(9-4-12-7-13-5-9)14-3-1-2-8(6-14)11(16)17/h4-5,7-8H,1-3,6H2,(H,16,17)/t8-/m1/s1. The van der Waals surface area contributed by atoms with E-state index in [9.17, 15) is 9.59 Å². The van der Waals surface area contributed by atoms with Crippen molar-refractivity contribution in [1.82, 2.24) is 14.9 Å². The van der Waals surface area contributed by atoms with Gasteiger partial charge in [0, 0.05) is 25.5 Å². The Balaban J connectivity index is 2.07. The highest BCUT2D eigenvalue weighted by Crippen LogP contribution is 2.18. The van der Waals surface area contributed by atoms with Crippen molar-refractivity contribution < 1.29 is 14.7 Å². The van der Waals surface area contributed by atoms with Crippen LogP contribution in [0.2, 0.25) is 0 Å². The molecule has 1 aromatic heterocycles. The van der Waals surface area contributed by atoms with Crippen molar-refractivity contribution in [2.75, 3.05) is 13.1 Å². The van der Waals surface area contributed by atoms with E-state index in [0.717, 1.165) is 6.42 Å². The molecule has 0 bridgehead atoms. The molecule has 6 heteroatoms. The van der Waals surface area contributed by atoms with E-state index in [1.165, 1.54) is 18.7 Å². The average molecular weight is 235 g/mol. The second-order valence-electron chi connectivity index (χ2n) is 4.06. The Morgan fingerprint density at radius 1 is 1.35 bits per heavy atom. The monoisotopic (exact) mass is 235 g/mol. The van der Waals surface area contributed by atoms with Gasteiger partial charge in [-0.1, -0.05) is 0 Å². The maximum absolute atomic E-state index is 12.0. The molecule has 2 heterocycles. The predicted molar refractivity (Wildman–Crippen MR) is 58.3 cm³/mol. The number of nitrogens with zero attached hydrogens (tertiary/aromatic N) is 3. The van der Waals surface area contributed by atoms with E-state index in [1.54, 1.807) is 4.90 Å². The van der Waals surface area contributed by atoms with Crippen molar-refractivity contribution in [3.05, 3.63) is 24.3 Å². The van der Waals surface area contributed by atoms with Gasteiger partial charge < -0.3 is 10.0 Å². The summed E-state index contributed by atoms with van der Waals surface area (Å²) >= 11 is 0.